The number of piperidine rings is 1. The number of aliphatic hydroxyl groups is 1. The first-order valence-electron chi connectivity index (χ1n) is 6.43. The summed E-state index contributed by atoms with van der Waals surface area (Å²) < 4.78 is 5.87. The Labute approximate surface area is 108 Å². The summed E-state index contributed by atoms with van der Waals surface area (Å²) >= 11 is 0. The van der Waals surface area contributed by atoms with Gasteiger partial charge in [0.1, 0.15) is 5.82 Å². The van der Waals surface area contributed by atoms with Gasteiger partial charge in [0.15, 0.2) is 0 Å². The first-order valence-corrected chi connectivity index (χ1v) is 6.43. The second-order valence-electron chi connectivity index (χ2n) is 4.67. The van der Waals surface area contributed by atoms with Crippen molar-refractivity contribution in [3.63, 3.8) is 0 Å². The molecule has 5 nitrogen and oxygen atoms in total. The third-order valence-electron chi connectivity index (χ3n) is 3.28. The minimum absolute atomic E-state index is 0.239. The van der Waals surface area contributed by atoms with E-state index in [1.807, 2.05) is 6.07 Å². The third-order valence-corrected chi connectivity index (χ3v) is 3.28. The summed E-state index contributed by atoms with van der Waals surface area (Å²) in [6, 6.07) is 3.74. The van der Waals surface area contributed by atoms with Crippen molar-refractivity contribution in [2.24, 2.45) is 0 Å². The van der Waals surface area contributed by atoms with Crippen molar-refractivity contribution in [2.75, 3.05) is 32.0 Å². The number of nitrogens with zero attached hydrogens (tertiary/aromatic N) is 2. The number of aliphatic hydroxyl groups excluding tert-OH is 1. The van der Waals surface area contributed by atoms with E-state index in [9.17, 15) is 0 Å². The van der Waals surface area contributed by atoms with Crippen molar-refractivity contribution in [3.8, 4) is 0 Å². The molecule has 0 bridgehead atoms. The van der Waals surface area contributed by atoms with Gasteiger partial charge in [-0.25, -0.2) is 4.98 Å². The molecule has 3 N–H and O–H groups in total. The maximum absolute atomic E-state index is 8.87. The Hall–Kier alpha value is -1.17. The lowest BCUT2D eigenvalue weighted by Crippen LogP contribution is -2.38. The monoisotopic (exact) mass is 251 g/mol. The number of rotatable bonds is 5. The summed E-state index contributed by atoms with van der Waals surface area (Å²) in [5.41, 5.74) is 6.59. The number of nitrogens with two attached hydrogens (primary N) is 1. The molecular formula is C13H21N3O2. The topological polar surface area (TPSA) is 71.6 Å². The second kappa shape index (κ2) is 6.68. The van der Waals surface area contributed by atoms with Crippen LogP contribution in [0.2, 0.25) is 0 Å². The van der Waals surface area contributed by atoms with E-state index in [1.165, 1.54) is 0 Å². The zero-order chi connectivity index (χ0) is 12.8. The number of anilines is 1. The zero-order valence-electron chi connectivity index (χ0n) is 10.6. The Morgan fingerprint density at radius 1 is 1.39 bits per heavy atom. The average Bonchev–Trinajstić information content (AvgIpc) is 2.40. The number of likely N-dealkylation sites (tertiary alicyclic amines) is 1. The van der Waals surface area contributed by atoms with Crippen LogP contribution in [0.5, 0.6) is 0 Å². The summed E-state index contributed by atoms with van der Waals surface area (Å²) in [7, 11) is 0. The number of nitrogen functional groups attached to an aromatic ring is 1. The van der Waals surface area contributed by atoms with Gasteiger partial charge < -0.3 is 20.5 Å². The summed E-state index contributed by atoms with van der Waals surface area (Å²) in [4.78, 5) is 6.31. The van der Waals surface area contributed by atoms with Gasteiger partial charge in [0.25, 0.3) is 0 Å². The molecule has 1 aliphatic heterocycles. The predicted molar refractivity (Wildman–Crippen MR) is 70.0 cm³/mol. The van der Waals surface area contributed by atoms with Crippen LogP contribution in [0.15, 0.2) is 18.3 Å². The van der Waals surface area contributed by atoms with Gasteiger partial charge in [-0.15, -0.1) is 0 Å². The maximum atomic E-state index is 8.87. The molecule has 0 unspecified atom stereocenters. The van der Waals surface area contributed by atoms with Crippen molar-refractivity contribution in [1.29, 1.82) is 0 Å². The molecule has 2 heterocycles. The molecule has 1 saturated heterocycles. The minimum atomic E-state index is 0.239. The quantitative estimate of drug-likeness (QED) is 0.803. The average molecular weight is 251 g/mol. The molecule has 5 heteroatoms. The Balaban J connectivity index is 1.70. The molecule has 0 amide bonds. The Morgan fingerprint density at radius 2 is 2.17 bits per heavy atom. The van der Waals surface area contributed by atoms with Crippen LogP contribution in [0.4, 0.5) is 5.82 Å². The molecule has 100 valence electrons. The largest absolute Gasteiger partial charge is 0.395 e. The van der Waals surface area contributed by atoms with E-state index in [4.69, 9.17) is 15.6 Å². The molecule has 1 aliphatic rings. The maximum Gasteiger partial charge on any atom is 0.123 e. The van der Waals surface area contributed by atoms with Gasteiger partial charge in [-0.3, -0.25) is 0 Å². The van der Waals surface area contributed by atoms with Crippen molar-refractivity contribution >= 4 is 5.82 Å². The summed E-state index contributed by atoms with van der Waals surface area (Å²) in [6.45, 7) is 3.62. The van der Waals surface area contributed by atoms with Crippen LogP contribution in [0.1, 0.15) is 18.4 Å². The van der Waals surface area contributed by atoms with E-state index in [0.717, 1.165) is 38.0 Å². The lowest BCUT2D eigenvalue weighted by atomic mass is 10.1. The lowest BCUT2D eigenvalue weighted by Gasteiger charge is -2.31. The molecule has 0 radical (unpaired) electrons. The number of hydrogen-bond donors (Lipinski definition) is 2. The zero-order valence-corrected chi connectivity index (χ0v) is 10.6. The van der Waals surface area contributed by atoms with Crippen LogP contribution in [0.25, 0.3) is 0 Å². The molecule has 1 fully saturated rings. The normalized spacial score (nSPS) is 18.1. The van der Waals surface area contributed by atoms with Gasteiger partial charge in [0.2, 0.25) is 0 Å². The molecule has 0 aliphatic carbocycles. The van der Waals surface area contributed by atoms with Gasteiger partial charge in [0, 0.05) is 25.8 Å². The summed E-state index contributed by atoms with van der Waals surface area (Å²) in [5, 5.41) is 8.87. The van der Waals surface area contributed by atoms with Crippen LogP contribution >= 0.6 is 0 Å². The molecular weight excluding hydrogens is 230 g/mol. The van der Waals surface area contributed by atoms with Crippen molar-refractivity contribution < 1.29 is 9.84 Å². The highest BCUT2D eigenvalue weighted by molar-refractivity contribution is 5.28. The van der Waals surface area contributed by atoms with Gasteiger partial charge in [-0.05, 0) is 24.5 Å². The minimum Gasteiger partial charge on any atom is -0.395 e. The number of ether oxygens (including phenoxy) is 1. The van der Waals surface area contributed by atoms with Gasteiger partial charge >= 0.3 is 0 Å². The van der Waals surface area contributed by atoms with Crippen molar-refractivity contribution in [1.82, 2.24) is 9.88 Å². The van der Waals surface area contributed by atoms with E-state index < -0.39 is 0 Å². The lowest BCUT2D eigenvalue weighted by molar-refractivity contribution is -0.00490. The molecule has 1 aromatic heterocycles. The molecule has 0 saturated carbocycles. The Kier molecular flexibility index (Phi) is 4.92. The van der Waals surface area contributed by atoms with Gasteiger partial charge in [0.05, 0.1) is 19.3 Å². The SMILES string of the molecule is Nc1ccc(COC2CCN(CCO)CC2)cn1. The smallest absolute Gasteiger partial charge is 0.123 e. The molecule has 0 atom stereocenters. The fraction of sp³-hybridized carbons (Fsp3) is 0.615. The first kappa shape index (κ1) is 13.3. The third kappa shape index (κ3) is 3.94. The first-order chi connectivity index (χ1) is 8.78. The number of β-amino-alcohol motifs (C(OH)–C–C–N with tert-alkyl or cyclic N) is 1. The van der Waals surface area contributed by atoms with Crippen molar-refractivity contribution in [3.05, 3.63) is 23.9 Å². The highest BCUT2D eigenvalue weighted by Crippen LogP contribution is 2.15. The van der Waals surface area contributed by atoms with Gasteiger partial charge in [-0.1, -0.05) is 6.07 Å². The second-order valence-corrected chi connectivity index (χ2v) is 4.67. The molecule has 18 heavy (non-hydrogen) atoms. The van der Waals surface area contributed by atoms with E-state index in [0.29, 0.717) is 18.5 Å². The van der Waals surface area contributed by atoms with Crippen LogP contribution in [0.3, 0.4) is 0 Å². The molecule has 2 rings (SSSR count). The molecule has 1 aromatic rings. The predicted octanol–water partition coefficient (Wildman–Crippen LogP) is 0.637. The summed E-state index contributed by atoms with van der Waals surface area (Å²) in [6.07, 6.45) is 4.14. The summed E-state index contributed by atoms with van der Waals surface area (Å²) in [5.74, 6) is 0.538. The fourth-order valence-corrected chi connectivity index (χ4v) is 2.18. The molecule has 0 aromatic carbocycles. The Morgan fingerprint density at radius 3 is 2.78 bits per heavy atom. The fourth-order valence-electron chi connectivity index (χ4n) is 2.18. The van der Waals surface area contributed by atoms with Crippen molar-refractivity contribution in [2.45, 2.75) is 25.6 Å². The highest BCUT2D eigenvalue weighted by atomic mass is 16.5. The number of aromatic nitrogens is 1. The van der Waals surface area contributed by atoms with E-state index >= 15 is 0 Å². The van der Waals surface area contributed by atoms with E-state index in [-0.39, 0.29) is 6.61 Å². The standard InChI is InChI=1S/C13H21N3O2/c14-13-2-1-11(9-15-13)10-18-12-3-5-16(6-4-12)7-8-17/h1-2,9,12,17H,3-8,10H2,(H2,14,15). The van der Waals surface area contributed by atoms with Crippen LogP contribution in [0, 0.1) is 0 Å². The van der Waals surface area contributed by atoms with E-state index in [1.54, 1.807) is 12.3 Å². The number of hydrogen-bond acceptors (Lipinski definition) is 5. The molecule has 0 spiro atoms. The Bertz CT molecular complexity index is 348. The van der Waals surface area contributed by atoms with Crippen LogP contribution in [-0.4, -0.2) is 47.3 Å². The van der Waals surface area contributed by atoms with Gasteiger partial charge in [-0.2, -0.15) is 0 Å². The van der Waals surface area contributed by atoms with Crippen LogP contribution in [-0.2, 0) is 11.3 Å². The number of pyridine rings is 1. The van der Waals surface area contributed by atoms with Crippen LogP contribution < -0.4 is 5.73 Å². The highest BCUT2D eigenvalue weighted by Gasteiger charge is 2.18. The van der Waals surface area contributed by atoms with E-state index in [2.05, 4.69) is 9.88 Å².